The molecule has 3 fully saturated rings. The molecular weight excluding hydrogens is 572 g/mol. The third-order valence-electron chi connectivity index (χ3n) is 10.1. The summed E-state index contributed by atoms with van der Waals surface area (Å²) in [6.07, 6.45) is 14.0. The van der Waals surface area contributed by atoms with Crippen LogP contribution in [0.4, 0.5) is 11.4 Å². The Balaban J connectivity index is 0.918. The number of aliphatic imine (C=N–C) groups is 2. The summed E-state index contributed by atoms with van der Waals surface area (Å²) in [6, 6.07) is 7.19. The molecule has 2 aliphatic carbocycles. The summed E-state index contributed by atoms with van der Waals surface area (Å²) in [5.74, 6) is 2.12. The van der Waals surface area contributed by atoms with E-state index in [-0.39, 0.29) is 23.3 Å². The number of methoxy groups -OCH3 is 2. The molecule has 2 saturated carbocycles. The molecule has 2 aromatic rings. The van der Waals surface area contributed by atoms with Crippen LogP contribution in [-0.4, -0.2) is 75.7 Å². The molecule has 0 radical (unpaired) electrons. The molecule has 7 rings (SSSR count). The van der Waals surface area contributed by atoms with Gasteiger partial charge in [-0.3, -0.25) is 19.6 Å². The molecule has 0 unspecified atom stereocenters. The Morgan fingerprint density at radius 2 is 1.44 bits per heavy atom. The maximum atomic E-state index is 13.4. The van der Waals surface area contributed by atoms with Crippen molar-refractivity contribution in [1.29, 1.82) is 0 Å². The van der Waals surface area contributed by atoms with Gasteiger partial charge in [-0.15, -0.1) is 0 Å². The quantitative estimate of drug-likeness (QED) is 0.326. The number of amides is 2. The van der Waals surface area contributed by atoms with Gasteiger partial charge < -0.3 is 29.2 Å². The standard InChI is InChI=1S/C35H42N4O6/c1-42-28-15-24-26(36-12-6-7-34(8-9-34)21-38-32(24)40)17-30(28)44-13-4-3-5-14-45-31-18-27-25(16-29(31)43-2)33(41)39-22-35(10-11-35)19-23(39)20-37-27/h12,15-18,20,23H,3-11,13-14,19,21-22H2,1-2H3,(H,38,40)/t23-/m0/s1. The Bertz CT molecular complexity index is 1520. The predicted molar refractivity (Wildman–Crippen MR) is 171 cm³/mol. The van der Waals surface area contributed by atoms with E-state index in [4.69, 9.17) is 23.9 Å². The van der Waals surface area contributed by atoms with Gasteiger partial charge in [0.1, 0.15) is 0 Å². The fraction of sp³-hybridized carbons (Fsp3) is 0.543. The van der Waals surface area contributed by atoms with E-state index in [1.165, 1.54) is 12.8 Å². The van der Waals surface area contributed by atoms with Gasteiger partial charge in [0.15, 0.2) is 23.0 Å². The van der Waals surface area contributed by atoms with E-state index >= 15 is 0 Å². The van der Waals surface area contributed by atoms with Crippen molar-refractivity contribution >= 4 is 35.6 Å². The molecule has 10 heteroatoms. The molecule has 2 amide bonds. The number of hydrogen-bond acceptors (Lipinski definition) is 8. The van der Waals surface area contributed by atoms with E-state index in [0.717, 1.165) is 57.9 Å². The van der Waals surface area contributed by atoms with Gasteiger partial charge in [-0.2, -0.15) is 0 Å². The Hall–Kier alpha value is -4.08. The third kappa shape index (κ3) is 6.11. The largest absolute Gasteiger partial charge is 0.493 e. The van der Waals surface area contributed by atoms with Crippen LogP contribution in [0.3, 0.4) is 0 Å². The number of hydrogen-bond donors (Lipinski definition) is 1. The van der Waals surface area contributed by atoms with Gasteiger partial charge in [-0.1, -0.05) is 0 Å². The zero-order chi connectivity index (χ0) is 31.0. The summed E-state index contributed by atoms with van der Waals surface area (Å²) < 4.78 is 23.4. The topological polar surface area (TPSA) is 111 Å². The first-order valence-electron chi connectivity index (χ1n) is 16.3. The van der Waals surface area contributed by atoms with Gasteiger partial charge in [-0.25, -0.2) is 0 Å². The molecule has 45 heavy (non-hydrogen) atoms. The second-order valence-electron chi connectivity index (χ2n) is 13.3. The fourth-order valence-electron chi connectivity index (χ4n) is 6.86. The zero-order valence-electron chi connectivity index (χ0n) is 26.2. The summed E-state index contributed by atoms with van der Waals surface area (Å²) in [4.78, 5) is 37.6. The summed E-state index contributed by atoms with van der Waals surface area (Å²) in [7, 11) is 3.17. The van der Waals surface area contributed by atoms with Crippen molar-refractivity contribution in [2.45, 2.75) is 70.3 Å². The zero-order valence-corrected chi connectivity index (χ0v) is 26.2. The molecule has 2 aromatic carbocycles. The number of unbranched alkanes of at least 4 members (excludes halogenated alkanes) is 2. The van der Waals surface area contributed by atoms with Crippen LogP contribution in [0.1, 0.15) is 84.9 Å². The summed E-state index contributed by atoms with van der Waals surface area (Å²) in [6.45, 7) is 2.51. The van der Waals surface area contributed by atoms with Crippen LogP contribution in [0.15, 0.2) is 34.3 Å². The van der Waals surface area contributed by atoms with Crippen LogP contribution < -0.4 is 24.3 Å². The molecule has 1 atom stereocenters. The lowest BCUT2D eigenvalue weighted by Crippen LogP contribution is -2.35. The maximum absolute atomic E-state index is 13.4. The highest BCUT2D eigenvalue weighted by Gasteiger charge is 2.53. The van der Waals surface area contributed by atoms with E-state index in [0.29, 0.717) is 70.7 Å². The molecule has 1 saturated heterocycles. The molecular formula is C35H42N4O6. The van der Waals surface area contributed by atoms with Gasteiger partial charge in [0, 0.05) is 37.7 Å². The van der Waals surface area contributed by atoms with Crippen LogP contribution in [0.5, 0.6) is 23.0 Å². The average molecular weight is 615 g/mol. The molecule has 2 spiro atoms. The van der Waals surface area contributed by atoms with Gasteiger partial charge in [0.25, 0.3) is 11.8 Å². The van der Waals surface area contributed by atoms with Crippen LogP contribution in [0.2, 0.25) is 0 Å². The first-order valence-corrected chi connectivity index (χ1v) is 16.3. The lowest BCUT2D eigenvalue weighted by atomic mass is 9.99. The molecule has 5 aliphatic rings. The van der Waals surface area contributed by atoms with Gasteiger partial charge >= 0.3 is 0 Å². The molecule has 0 bridgehead atoms. The monoisotopic (exact) mass is 614 g/mol. The number of carbonyl (C=O) groups is 2. The average Bonchev–Trinajstić information content (AvgIpc) is 3.97. The van der Waals surface area contributed by atoms with E-state index in [9.17, 15) is 9.59 Å². The molecule has 10 nitrogen and oxygen atoms in total. The number of ether oxygens (including phenoxy) is 4. The Labute approximate surface area is 264 Å². The maximum Gasteiger partial charge on any atom is 0.256 e. The number of fused-ring (bicyclic) bond motifs is 3. The second kappa shape index (κ2) is 12.0. The van der Waals surface area contributed by atoms with Crippen LogP contribution in [0, 0.1) is 10.8 Å². The number of nitrogens with one attached hydrogen (secondary N) is 1. The lowest BCUT2D eigenvalue weighted by Gasteiger charge is -2.21. The van der Waals surface area contributed by atoms with Crippen molar-refractivity contribution in [3.8, 4) is 23.0 Å². The Kier molecular flexibility index (Phi) is 7.91. The second-order valence-corrected chi connectivity index (χ2v) is 13.3. The molecule has 3 aliphatic heterocycles. The van der Waals surface area contributed by atoms with Crippen LogP contribution in [-0.2, 0) is 0 Å². The molecule has 3 heterocycles. The van der Waals surface area contributed by atoms with Crippen molar-refractivity contribution in [3.05, 3.63) is 35.4 Å². The van der Waals surface area contributed by atoms with Crippen molar-refractivity contribution in [2.24, 2.45) is 20.8 Å². The number of benzene rings is 2. The highest BCUT2D eigenvalue weighted by atomic mass is 16.5. The summed E-state index contributed by atoms with van der Waals surface area (Å²) >= 11 is 0. The minimum atomic E-state index is -0.128. The summed E-state index contributed by atoms with van der Waals surface area (Å²) in [5, 5.41) is 3.10. The summed E-state index contributed by atoms with van der Waals surface area (Å²) in [5.41, 5.74) is 2.86. The Morgan fingerprint density at radius 1 is 0.800 bits per heavy atom. The van der Waals surface area contributed by atoms with Gasteiger partial charge in [0.2, 0.25) is 0 Å². The number of nitrogens with zero attached hydrogens (tertiary/aromatic N) is 3. The molecule has 238 valence electrons. The SMILES string of the molecule is COc1cc2c(cc1OCCCCCOc1cc3c(cc1OC)C(=O)N1CC4(CC4)C[C@H]1C=N3)N=CCCC1(CC1)CNC2=O. The van der Waals surface area contributed by atoms with E-state index < -0.39 is 0 Å². The Morgan fingerprint density at radius 3 is 2.09 bits per heavy atom. The minimum Gasteiger partial charge on any atom is -0.493 e. The lowest BCUT2D eigenvalue weighted by molar-refractivity contribution is 0.0767. The van der Waals surface area contributed by atoms with Gasteiger partial charge in [0.05, 0.1) is 56.0 Å². The van der Waals surface area contributed by atoms with Crippen LogP contribution >= 0.6 is 0 Å². The first-order chi connectivity index (χ1) is 21.9. The minimum absolute atomic E-state index is 0.0234. The van der Waals surface area contributed by atoms with Crippen LogP contribution in [0.25, 0.3) is 0 Å². The van der Waals surface area contributed by atoms with Crippen molar-refractivity contribution < 1.29 is 28.5 Å². The van der Waals surface area contributed by atoms with E-state index in [2.05, 4.69) is 10.3 Å². The number of rotatable bonds is 10. The van der Waals surface area contributed by atoms with Gasteiger partial charge in [-0.05, 0) is 87.2 Å². The predicted octanol–water partition coefficient (Wildman–Crippen LogP) is 6.05. The van der Waals surface area contributed by atoms with Crippen molar-refractivity contribution in [1.82, 2.24) is 10.2 Å². The van der Waals surface area contributed by atoms with E-state index in [1.54, 1.807) is 32.4 Å². The first kappa shape index (κ1) is 29.6. The van der Waals surface area contributed by atoms with Crippen molar-refractivity contribution in [3.63, 3.8) is 0 Å². The smallest absolute Gasteiger partial charge is 0.256 e. The highest BCUT2D eigenvalue weighted by Crippen LogP contribution is 2.55. The normalized spacial score (nSPS) is 21.8. The van der Waals surface area contributed by atoms with Crippen molar-refractivity contribution in [2.75, 3.05) is 40.5 Å². The molecule has 1 N–H and O–H groups in total. The third-order valence-corrected chi connectivity index (χ3v) is 10.1. The van der Waals surface area contributed by atoms with E-state index in [1.807, 2.05) is 23.4 Å². The molecule has 0 aromatic heterocycles. The highest BCUT2D eigenvalue weighted by molar-refractivity contribution is 6.04. The fourth-order valence-corrected chi connectivity index (χ4v) is 6.86. The number of carbonyl (C=O) groups excluding carboxylic acids is 2.